The molecule has 3 atom stereocenters. The van der Waals surface area contributed by atoms with E-state index in [1.165, 1.54) is 43.4 Å². The number of hydrogen-bond acceptors (Lipinski definition) is 4. The summed E-state index contributed by atoms with van der Waals surface area (Å²) >= 11 is 0. The topological polar surface area (TPSA) is 78.5 Å². The second-order valence-electron chi connectivity index (χ2n) is 11.9. The molecule has 0 aromatic heterocycles. The summed E-state index contributed by atoms with van der Waals surface area (Å²) in [5.41, 5.74) is 2.28. The number of carbonyl (C=O) groups is 3. The number of amides is 3. The van der Waals surface area contributed by atoms with Gasteiger partial charge in [-0.05, 0) is 79.8 Å². The fourth-order valence-electron chi connectivity index (χ4n) is 7.42. The van der Waals surface area contributed by atoms with Crippen LogP contribution in [-0.2, 0) is 22.6 Å². The van der Waals surface area contributed by atoms with Gasteiger partial charge >= 0.3 is 0 Å². The van der Waals surface area contributed by atoms with Gasteiger partial charge in [-0.1, -0.05) is 18.9 Å². The number of hydrogen-bond donors (Lipinski definition) is 2. The predicted molar refractivity (Wildman–Crippen MR) is 127 cm³/mol. The van der Waals surface area contributed by atoms with E-state index in [0.29, 0.717) is 40.5 Å². The van der Waals surface area contributed by atoms with E-state index in [-0.39, 0.29) is 42.5 Å². The fraction of sp³-hybridized carbons (Fsp3) is 0.654. The first kappa shape index (κ1) is 22.3. The summed E-state index contributed by atoms with van der Waals surface area (Å²) in [6, 6.07) is 3.20. The molecule has 1 unspecified atom stereocenters. The Morgan fingerprint density at radius 1 is 1.12 bits per heavy atom. The Hall–Kier alpha value is -2.22. The molecule has 4 fully saturated rings. The van der Waals surface area contributed by atoms with Crippen LogP contribution in [0.1, 0.15) is 85.7 Å². The molecule has 8 heteroatoms. The summed E-state index contributed by atoms with van der Waals surface area (Å²) < 4.78 is 15.7. The van der Waals surface area contributed by atoms with Crippen molar-refractivity contribution >= 4 is 25.6 Å². The highest BCUT2D eigenvalue weighted by Crippen LogP contribution is 2.64. The Labute approximate surface area is 200 Å². The molecular weight excluding hydrogens is 432 g/mol. The normalized spacial score (nSPS) is 31.3. The van der Waals surface area contributed by atoms with E-state index < -0.39 is 11.9 Å². The van der Waals surface area contributed by atoms with Crippen molar-refractivity contribution in [2.75, 3.05) is 0 Å². The largest absolute Gasteiger partial charge is 0.322 e. The smallest absolute Gasteiger partial charge is 0.255 e. The third-order valence-electron chi connectivity index (χ3n) is 9.14. The van der Waals surface area contributed by atoms with Crippen molar-refractivity contribution in [3.8, 4) is 0 Å². The summed E-state index contributed by atoms with van der Waals surface area (Å²) in [5.74, 6) is -1.02. The van der Waals surface area contributed by atoms with Crippen molar-refractivity contribution in [2.45, 2.75) is 94.7 Å². The van der Waals surface area contributed by atoms with Crippen LogP contribution >= 0.6 is 0 Å². The molecule has 1 spiro atoms. The quantitative estimate of drug-likeness (QED) is 0.516. The molecule has 3 saturated carbocycles. The maximum absolute atomic E-state index is 15.7. The van der Waals surface area contributed by atoms with Gasteiger partial charge in [-0.25, -0.2) is 4.39 Å². The van der Waals surface area contributed by atoms with Crippen LogP contribution in [0.25, 0.3) is 0 Å². The van der Waals surface area contributed by atoms with Crippen LogP contribution in [0, 0.1) is 17.2 Å². The van der Waals surface area contributed by atoms with Crippen LogP contribution in [0.15, 0.2) is 12.1 Å². The van der Waals surface area contributed by atoms with Gasteiger partial charge in [0.2, 0.25) is 11.8 Å². The number of nitrogens with one attached hydrogen (secondary N) is 2. The predicted octanol–water partition coefficient (Wildman–Crippen LogP) is 2.18. The lowest BCUT2D eigenvalue weighted by atomic mass is 9.54. The number of rotatable bonds is 5. The second kappa shape index (κ2) is 7.90. The molecule has 0 bridgehead atoms. The van der Waals surface area contributed by atoms with Crippen molar-refractivity contribution in [1.82, 2.24) is 15.5 Å². The molecular formula is C26H33BFN3O3. The first-order chi connectivity index (χ1) is 16.3. The van der Waals surface area contributed by atoms with Gasteiger partial charge in [0.1, 0.15) is 19.7 Å². The molecule has 0 radical (unpaired) electrons. The zero-order chi connectivity index (χ0) is 23.7. The maximum atomic E-state index is 15.7. The number of fused-ring (bicyclic) bond motifs is 1. The third-order valence-corrected chi connectivity index (χ3v) is 9.14. The van der Waals surface area contributed by atoms with Crippen molar-refractivity contribution < 1.29 is 18.8 Å². The van der Waals surface area contributed by atoms with Crippen LogP contribution in [0.4, 0.5) is 4.39 Å². The molecule has 1 aromatic carbocycles. The van der Waals surface area contributed by atoms with Gasteiger partial charge in [0.05, 0.1) is 6.54 Å². The lowest BCUT2D eigenvalue weighted by Gasteiger charge is -2.51. The molecule has 2 aliphatic heterocycles. The van der Waals surface area contributed by atoms with Crippen LogP contribution in [0.5, 0.6) is 0 Å². The first-order valence-electron chi connectivity index (χ1n) is 13.0. The van der Waals surface area contributed by atoms with E-state index >= 15 is 4.39 Å². The molecule has 34 heavy (non-hydrogen) atoms. The van der Waals surface area contributed by atoms with Crippen LogP contribution in [0.2, 0.25) is 0 Å². The van der Waals surface area contributed by atoms with Gasteiger partial charge in [0.15, 0.2) is 0 Å². The van der Waals surface area contributed by atoms with Crippen LogP contribution < -0.4 is 10.6 Å². The molecule has 6 rings (SSSR count). The van der Waals surface area contributed by atoms with Gasteiger partial charge in [-0.2, -0.15) is 0 Å². The Morgan fingerprint density at radius 3 is 2.62 bits per heavy atom. The zero-order valence-electron chi connectivity index (χ0n) is 19.9. The highest BCUT2D eigenvalue weighted by Gasteiger charge is 2.58. The van der Waals surface area contributed by atoms with Crippen molar-refractivity contribution in [3.63, 3.8) is 0 Å². The minimum atomic E-state index is -0.717. The van der Waals surface area contributed by atoms with Crippen LogP contribution in [0.3, 0.4) is 0 Å². The van der Waals surface area contributed by atoms with E-state index in [4.69, 9.17) is 0 Å². The molecule has 5 aliphatic rings. The highest BCUT2D eigenvalue weighted by molar-refractivity contribution is 6.16. The Balaban J connectivity index is 1.17. The van der Waals surface area contributed by atoms with E-state index in [2.05, 4.69) is 18.5 Å². The number of halogens is 1. The van der Waals surface area contributed by atoms with Crippen molar-refractivity contribution in [1.29, 1.82) is 0 Å². The summed E-state index contributed by atoms with van der Waals surface area (Å²) in [4.78, 5) is 38.2. The Bertz CT molecular complexity index is 1060. The lowest BCUT2D eigenvalue weighted by molar-refractivity contribution is -0.136. The van der Waals surface area contributed by atoms with E-state index in [9.17, 15) is 14.4 Å². The number of benzene rings is 1. The third kappa shape index (κ3) is 3.78. The van der Waals surface area contributed by atoms with E-state index in [1.54, 1.807) is 12.1 Å². The average Bonchev–Trinajstić information content (AvgIpc) is 3.47. The van der Waals surface area contributed by atoms with Gasteiger partial charge in [-0.3, -0.25) is 19.7 Å². The minimum Gasteiger partial charge on any atom is -0.322 e. The number of piperidine rings is 1. The van der Waals surface area contributed by atoms with Gasteiger partial charge < -0.3 is 10.2 Å². The molecule has 180 valence electrons. The van der Waals surface area contributed by atoms with E-state index in [1.807, 2.05) is 0 Å². The molecule has 6 nitrogen and oxygen atoms in total. The average molecular weight is 465 g/mol. The monoisotopic (exact) mass is 465 g/mol. The molecule has 1 saturated heterocycles. The Morgan fingerprint density at radius 2 is 1.88 bits per heavy atom. The van der Waals surface area contributed by atoms with Gasteiger partial charge in [0.25, 0.3) is 5.91 Å². The summed E-state index contributed by atoms with van der Waals surface area (Å²) in [6.07, 6.45) is 11.1. The van der Waals surface area contributed by atoms with Crippen molar-refractivity contribution in [3.05, 3.63) is 34.6 Å². The fourth-order valence-corrected chi connectivity index (χ4v) is 7.42. The van der Waals surface area contributed by atoms with Crippen molar-refractivity contribution in [2.24, 2.45) is 11.3 Å². The molecule has 1 aromatic rings. The second-order valence-corrected chi connectivity index (χ2v) is 11.9. The maximum Gasteiger partial charge on any atom is 0.255 e. The van der Waals surface area contributed by atoms with Gasteiger partial charge in [0, 0.05) is 23.6 Å². The highest BCUT2D eigenvalue weighted by atomic mass is 19.1. The van der Waals surface area contributed by atoms with E-state index in [0.717, 1.165) is 12.8 Å². The molecule has 3 amide bonds. The summed E-state index contributed by atoms with van der Waals surface area (Å²) in [7, 11) is 2.35. The molecule has 2 N–H and O–H groups in total. The number of carbonyl (C=O) groups excluding carboxylic acids is 3. The SMILES string of the molecule is BC1(N[C@H]2CCCC[C@@H]2Cc2ccc3c(c2F)CN(C2CCC(=O)NC2=O)C3=O)CC2(CC2)C1. The van der Waals surface area contributed by atoms with Crippen LogP contribution in [-0.4, -0.2) is 48.0 Å². The standard InChI is InChI=1S/C26H33BFN3O3/c27-26(13-25(14-26)9-10-25)30-19-4-2-1-3-15(19)11-16-5-6-17-18(22(16)28)12-31(24(17)34)20-7-8-21(32)29-23(20)33/h5-6,15,19-20,30H,1-4,7-14,27H2,(H,29,32,33)/t15-,19+,20?/m1/s1. The summed E-state index contributed by atoms with van der Waals surface area (Å²) in [6.45, 7) is 0.0899. The minimum absolute atomic E-state index is 0.0899. The first-order valence-corrected chi connectivity index (χ1v) is 13.0. The summed E-state index contributed by atoms with van der Waals surface area (Å²) in [5, 5.41) is 6.28. The Kier molecular flexibility index (Phi) is 5.17. The number of nitrogens with zero attached hydrogens (tertiary/aromatic N) is 1. The zero-order valence-corrected chi connectivity index (χ0v) is 19.9. The van der Waals surface area contributed by atoms with Gasteiger partial charge in [-0.15, -0.1) is 0 Å². The molecule has 2 heterocycles. The number of imide groups is 1. The lowest BCUT2D eigenvalue weighted by Crippen LogP contribution is -2.61. The molecule has 3 aliphatic carbocycles.